The summed E-state index contributed by atoms with van der Waals surface area (Å²) in [5, 5.41) is 12.3. The predicted molar refractivity (Wildman–Crippen MR) is 123 cm³/mol. The number of amides is 2. The lowest BCUT2D eigenvalue weighted by Gasteiger charge is -2.27. The van der Waals surface area contributed by atoms with Crippen LogP contribution in [0, 0.1) is 11.3 Å². The third-order valence-electron chi connectivity index (χ3n) is 5.33. The van der Waals surface area contributed by atoms with Crippen molar-refractivity contribution in [2.45, 2.75) is 59.4 Å². The number of nitrogens with zero attached hydrogens (tertiary/aromatic N) is 3. The van der Waals surface area contributed by atoms with Gasteiger partial charge in [-0.1, -0.05) is 51.2 Å². The van der Waals surface area contributed by atoms with Gasteiger partial charge in [-0.2, -0.15) is 0 Å². The van der Waals surface area contributed by atoms with E-state index in [2.05, 4.69) is 43.2 Å². The molecule has 2 heterocycles. The molecule has 2 aromatic rings. The van der Waals surface area contributed by atoms with Crippen LogP contribution in [0.2, 0.25) is 0 Å². The molecular formula is C23H32N4O3S. The van der Waals surface area contributed by atoms with Crippen LogP contribution in [0.3, 0.4) is 0 Å². The first kappa shape index (κ1) is 23.2. The quantitative estimate of drug-likeness (QED) is 0.674. The van der Waals surface area contributed by atoms with Crippen molar-refractivity contribution in [1.82, 2.24) is 15.1 Å². The molecule has 1 aliphatic rings. The number of rotatable bonds is 7. The van der Waals surface area contributed by atoms with Crippen LogP contribution >= 0.6 is 11.3 Å². The van der Waals surface area contributed by atoms with E-state index >= 15 is 0 Å². The minimum atomic E-state index is -0.446. The molecule has 0 bridgehead atoms. The summed E-state index contributed by atoms with van der Waals surface area (Å²) in [6.07, 6.45) is 2.95. The van der Waals surface area contributed by atoms with Crippen molar-refractivity contribution in [1.29, 1.82) is 0 Å². The Morgan fingerprint density at radius 1 is 1.32 bits per heavy atom. The number of nitrogens with one attached hydrogen (secondary N) is 1. The van der Waals surface area contributed by atoms with Crippen LogP contribution in [-0.4, -0.2) is 46.6 Å². The zero-order valence-electron chi connectivity index (χ0n) is 19.0. The number of ether oxygens (including phenoxy) is 1. The van der Waals surface area contributed by atoms with E-state index in [-0.39, 0.29) is 23.1 Å². The van der Waals surface area contributed by atoms with Gasteiger partial charge in [0, 0.05) is 18.5 Å². The summed E-state index contributed by atoms with van der Waals surface area (Å²) in [6.45, 7) is 9.28. The Morgan fingerprint density at radius 3 is 2.81 bits per heavy atom. The van der Waals surface area contributed by atoms with Crippen LogP contribution in [0.25, 0.3) is 10.6 Å². The van der Waals surface area contributed by atoms with E-state index in [1.165, 1.54) is 11.3 Å². The highest BCUT2D eigenvalue weighted by atomic mass is 32.1. The van der Waals surface area contributed by atoms with Gasteiger partial charge < -0.3 is 9.64 Å². The largest absolute Gasteiger partial charge is 0.497 e. The summed E-state index contributed by atoms with van der Waals surface area (Å²) < 4.78 is 5.25. The molecule has 168 valence electrons. The van der Waals surface area contributed by atoms with E-state index in [4.69, 9.17) is 4.74 Å². The number of benzene rings is 1. The maximum atomic E-state index is 12.9. The Kier molecular flexibility index (Phi) is 7.30. The second kappa shape index (κ2) is 9.77. The first-order chi connectivity index (χ1) is 14.7. The maximum Gasteiger partial charge on any atom is 0.249 e. The van der Waals surface area contributed by atoms with Crippen LogP contribution in [-0.2, 0) is 9.59 Å². The zero-order chi connectivity index (χ0) is 22.6. The van der Waals surface area contributed by atoms with E-state index in [9.17, 15) is 9.59 Å². The summed E-state index contributed by atoms with van der Waals surface area (Å²) in [5.74, 6) is 0.885. The SMILES string of the molecule is COc1cccc(-c2nnc(NC(=O)C3CCCN3C(=O)CC(C)CC(C)(C)C)s2)c1. The first-order valence-corrected chi connectivity index (χ1v) is 11.6. The molecular weight excluding hydrogens is 412 g/mol. The van der Waals surface area contributed by atoms with Crippen molar-refractivity contribution in [3.8, 4) is 16.3 Å². The van der Waals surface area contributed by atoms with E-state index in [1.54, 1.807) is 12.0 Å². The van der Waals surface area contributed by atoms with E-state index in [1.807, 2.05) is 24.3 Å². The Labute approximate surface area is 188 Å². The van der Waals surface area contributed by atoms with E-state index in [0.29, 0.717) is 29.5 Å². The van der Waals surface area contributed by atoms with Gasteiger partial charge in [0.15, 0.2) is 0 Å². The highest BCUT2D eigenvalue weighted by Crippen LogP contribution is 2.30. The number of hydrogen-bond acceptors (Lipinski definition) is 6. The van der Waals surface area contributed by atoms with Gasteiger partial charge in [0.25, 0.3) is 0 Å². The molecule has 0 saturated carbocycles. The van der Waals surface area contributed by atoms with Crippen LogP contribution in [0.15, 0.2) is 24.3 Å². The van der Waals surface area contributed by atoms with Gasteiger partial charge in [0.05, 0.1) is 7.11 Å². The number of carbonyl (C=O) groups excluding carboxylic acids is 2. The highest BCUT2D eigenvalue weighted by Gasteiger charge is 2.35. The van der Waals surface area contributed by atoms with Gasteiger partial charge in [-0.05, 0) is 42.7 Å². The third kappa shape index (κ3) is 6.26. The van der Waals surface area contributed by atoms with Crippen LogP contribution in [0.5, 0.6) is 5.75 Å². The second-order valence-corrected chi connectivity index (χ2v) is 10.4. The van der Waals surface area contributed by atoms with Gasteiger partial charge in [0.1, 0.15) is 16.8 Å². The zero-order valence-corrected chi connectivity index (χ0v) is 19.8. The van der Waals surface area contributed by atoms with Crippen molar-refractivity contribution in [2.75, 3.05) is 19.0 Å². The summed E-state index contributed by atoms with van der Waals surface area (Å²) >= 11 is 1.31. The molecule has 0 radical (unpaired) electrons. The molecule has 2 atom stereocenters. The van der Waals surface area contributed by atoms with E-state index in [0.717, 1.165) is 24.2 Å². The molecule has 1 saturated heterocycles. The van der Waals surface area contributed by atoms with Gasteiger partial charge in [-0.3, -0.25) is 14.9 Å². The maximum absolute atomic E-state index is 12.9. The fourth-order valence-corrected chi connectivity index (χ4v) is 4.95. The molecule has 2 amide bonds. The topological polar surface area (TPSA) is 84.4 Å². The highest BCUT2D eigenvalue weighted by molar-refractivity contribution is 7.18. The standard InChI is InChI=1S/C23H32N4O3S/c1-15(14-23(2,3)4)12-19(28)27-11-7-10-18(27)20(29)24-22-26-25-21(31-22)16-8-6-9-17(13-16)30-5/h6,8-9,13,15,18H,7,10-12,14H2,1-5H3,(H,24,26,29). The summed E-state index contributed by atoms with van der Waals surface area (Å²) in [4.78, 5) is 27.5. The Bertz CT molecular complexity index is 922. The number of likely N-dealkylation sites (tertiary alicyclic amines) is 1. The van der Waals surface area contributed by atoms with Gasteiger partial charge >= 0.3 is 0 Å². The molecule has 1 N–H and O–H groups in total. The second-order valence-electron chi connectivity index (χ2n) is 9.45. The lowest BCUT2D eigenvalue weighted by molar-refractivity contribution is -0.137. The molecule has 2 unspecified atom stereocenters. The van der Waals surface area contributed by atoms with Crippen LogP contribution in [0.4, 0.5) is 5.13 Å². The van der Waals surface area contributed by atoms with Crippen molar-refractivity contribution < 1.29 is 14.3 Å². The van der Waals surface area contributed by atoms with E-state index < -0.39 is 6.04 Å². The first-order valence-electron chi connectivity index (χ1n) is 10.7. The monoisotopic (exact) mass is 444 g/mol. The molecule has 1 aromatic carbocycles. The number of methoxy groups -OCH3 is 1. The third-order valence-corrected chi connectivity index (χ3v) is 6.22. The molecule has 8 heteroatoms. The Morgan fingerprint density at radius 2 is 2.10 bits per heavy atom. The average molecular weight is 445 g/mol. The van der Waals surface area contributed by atoms with Crippen molar-refractivity contribution in [3.05, 3.63) is 24.3 Å². The smallest absolute Gasteiger partial charge is 0.249 e. The fraction of sp³-hybridized carbons (Fsp3) is 0.565. The molecule has 3 rings (SSSR count). The summed E-state index contributed by atoms with van der Waals surface area (Å²) in [7, 11) is 1.61. The number of aromatic nitrogens is 2. The van der Waals surface area contributed by atoms with Crippen LogP contribution < -0.4 is 10.1 Å². The molecule has 31 heavy (non-hydrogen) atoms. The van der Waals surface area contributed by atoms with Gasteiger partial charge in [-0.25, -0.2) is 0 Å². The number of carbonyl (C=O) groups is 2. The molecule has 1 aromatic heterocycles. The lowest BCUT2D eigenvalue weighted by atomic mass is 9.84. The molecule has 0 aliphatic carbocycles. The molecule has 7 nitrogen and oxygen atoms in total. The van der Waals surface area contributed by atoms with Crippen molar-refractivity contribution in [3.63, 3.8) is 0 Å². The Hall–Kier alpha value is -2.48. The predicted octanol–water partition coefficient (Wildman–Crippen LogP) is 4.61. The lowest BCUT2D eigenvalue weighted by Crippen LogP contribution is -2.43. The number of hydrogen-bond donors (Lipinski definition) is 1. The minimum absolute atomic E-state index is 0.0590. The molecule has 1 aliphatic heterocycles. The van der Waals surface area contributed by atoms with Gasteiger partial charge in [0.2, 0.25) is 16.9 Å². The summed E-state index contributed by atoms with van der Waals surface area (Å²) in [6, 6.07) is 7.10. The molecule has 1 fully saturated rings. The Balaban J connectivity index is 1.62. The average Bonchev–Trinajstić information content (AvgIpc) is 3.36. The van der Waals surface area contributed by atoms with Crippen molar-refractivity contribution >= 4 is 28.3 Å². The molecule has 0 spiro atoms. The van der Waals surface area contributed by atoms with Crippen LogP contribution in [0.1, 0.15) is 53.4 Å². The van der Waals surface area contributed by atoms with Crippen molar-refractivity contribution in [2.24, 2.45) is 11.3 Å². The normalized spacial score (nSPS) is 17.5. The minimum Gasteiger partial charge on any atom is -0.497 e. The van der Waals surface area contributed by atoms with Gasteiger partial charge in [-0.15, -0.1) is 10.2 Å². The summed E-state index contributed by atoms with van der Waals surface area (Å²) in [5.41, 5.74) is 1.06. The number of anilines is 1. The fourth-order valence-electron chi connectivity index (χ4n) is 4.21.